The van der Waals surface area contributed by atoms with Gasteiger partial charge in [0.15, 0.2) is 0 Å². The van der Waals surface area contributed by atoms with Crippen LogP contribution in [-0.4, -0.2) is 65.4 Å². The van der Waals surface area contributed by atoms with Crippen LogP contribution in [0.5, 0.6) is 5.75 Å². The van der Waals surface area contributed by atoms with E-state index in [1.807, 2.05) is 19.2 Å². The van der Waals surface area contributed by atoms with E-state index < -0.39 is 0 Å². The van der Waals surface area contributed by atoms with E-state index in [0.29, 0.717) is 18.9 Å². The Morgan fingerprint density at radius 1 is 1.33 bits per heavy atom. The Balaban J connectivity index is 1.45. The number of carbonyl (C=O) groups excluding carboxylic acids is 1. The summed E-state index contributed by atoms with van der Waals surface area (Å²) in [5.41, 5.74) is 2.96. The SMILES string of the molecule is COCCN(C)C(=O)[C@H]1CCc2c(sc3ncnc(Nc4cc5cn[nH]c5cc4OC)c23)C1. The van der Waals surface area contributed by atoms with Crippen LogP contribution in [0.1, 0.15) is 16.9 Å². The smallest absolute Gasteiger partial charge is 0.225 e. The number of benzene rings is 1. The van der Waals surface area contributed by atoms with E-state index in [2.05, 4.69) is 25.5 Å². The van der Waals surface area contributed by atoms with Crippen molar-refractivity contribution < 1.29 is 14.3 Å². The minimum absolute atomic E-state index is 0.0135. The number of hydrogen-bond acceptors (Lipinski definition) is 8. The fourth-order valence-corrected chi connectivity index (χ4v) is 5.70. The van der Waals surface area contributed by atoms with Crippen LogP contribution < -0.4 is 10.1 Å². The average Bonchev–Trinajstić information content (AvgIpc) is 3.45. The number of aromatic nitrogens is 4. The molecule has 3 aromatic heterocycles. The third kappa shape index (κ3) is 4.00. The summed E-state index contributed by atoms with van der Waals surface area (Å²) in [5.74, 6) is 1.62. The highest BCUT2D eigenvalue weighted by Crippen LogP contribution is 2.41. The van der Waals surface area contributed by atoms with Crippen LogP contribution in [0, 0.1) is 5.92 Å². The molecule has 1 aliphatic carbocycles. The van der Waals surface area contributed by atoms with Crippen molar-refractivity contribution in [3.63, 3.8) is 0 Å². The Bertz CT molecular complexity index is 1320. The molecule has 9 nitrogen and oxygen atoms in total. The van der Waals surface area contributed by atoms with Crippen LogP contribution in [0.25, 0.3) is 21.1 Å². The highest BCUT2D eigenvalue weighted by Gasteiger charge is 2.30. The molecule has 0 spiro atoms. The second-order valence-corrected chi connectivity index (χ2v) is 9.32. The van der Waals surface area contributed by atoms with Crippen molar-refractivity contribution in [2.24, 2.45) is 5.92 Å². The van der Waals surface area contributed by atoms with E-state index in [1.165, 1.54) is 10.4 Å². The van der Waals surface area contributed by atoms with Crippen LogP contribution in [0.3, 0.4) is 0 Å². The van der Waals surface area contributed by atoms with E-state index in [1.54, 1.807) is 43.0 Å². The number of nitrogens with one attached hydrogen (secondary N) is 2. The molecule has 0 saturated heterocycles. The number of amides is 1. The number of rotatable bonds is 7. The Labute approximate surface area is 195 Å². The molecule has 0 fully saturated rings. The molecular weight excluding hydrogens is 440 g/mol. The summed E-state index contributed by atoms with van der Waals surface area (Å²) in [6, 6.07) is 3.91. The molecule has 10 heteroatoms. The third-order valence-electron chi connectivity index (χ3n) is 6.21. The number of methoxy groups -OCH3 is 2. The predicted molar refractivity (Wildman–Crippen MR) is 128 cm³/mol. The zero-order chi connectivity index (χ0) is 22.9. The van der Waals surface area contributed by atoms with Crippen LogP contribution in [0.15, 0.2) is 24.7 Å². The average molecular weight is 467 g/mol. The summed E-state index contributed by atoms with van der Waals surface area (Å²) in [6.07, 6.45) is 5.73. The van der Waals surface area contributed by atoms with E-state index in [4.69, 9.17) is 9.47 Å². The number of carbonyl (C=O) groups is 1. The number of ether oxygens (including phenoxy) is 2. The summed E-state index contributed by atoms with van der Waals surface area (Å²) in [6.45, 7) is 1.15. The van der Waals surface area contributed by atoms with Gasteiger partial charge in [-0.05, 0) is 30.9 Å². The minimum Gasteiger partial charge on any atom is -0.494 e. The summed E-state index contributed by atoms with van der Waals surface area (Å²) in [4.78, 5) is 25.9. The zero-order valence-corrected chi connectivity index (χ0v) is 19.7. The molecule has 0 aliphatic heterocycles. The van der Waals surface area contributed by atoms with Gasteiger partial charge in [-0.2, -0.15) is 5.10 Å². The minimum atomic E-state index is -0.0135. The summed E-state index contributed by atoms with van der Waals surface area (Å²) in [7, 11) is 5.14. The first-order chi connectivity index (χ1) is 16.1. The summed E-state index contributed by atoms with van der Waals surface area (Å²) < 4.78 is 10.7. The van der Waals surface area contributed by atoms with Gasteiger partial charge in [-0.15, -0.1) is 11.3 Å². The van der Waals surface area contributed by atoms with Crippen LogP contribution in [-0.2, 0) is 22.4 Å². The topological polar surface area (TPSA) is 105 Å². The fourth-order valence-electron chi connectivity index (χ4n) is 4.43. The Hall–Kier alpha value is -3.24. The number of aromatic amines is 1. The number of nitrogens with zero attached hydrogens (tertiary/aromatic N) is 4. The number of hydrogen-bond donors (Lipinski definition) is 2. The zero-order valence-electron chi connectivity index (χ0n) is 18.8. The molecule has 0 bridgehead atoms. The molecule has 172 valence electrons. The lowest BCUT2D eigenvalue weighted by Crippen LogP contribution is -2.37. The van der Waals surface area contributed by atoms with Crippen molar-refractivity contribution in [3.05, 3.63) is 35.1 Å². The number of thiophene rings is 1. The van der Waals surface area contributed by atoms with Gasteiger partial charge in [-0.3, -0.25) is 9.89 Å². The molecule has 1 atom stereocenters. The maximum Gasteiger partial charge on any atom is 0.225 e. The standard InChI is InChI=1S/C23H26N6O3S/c1-29(6-7-31-2)23(30)13-4-5-15-19(9-13)33-22-20(15)21(24-12-25-22)27-17-8-14-11-26-28-16(14)10-18(17)32-3/h8,10-13H,4-7,9H2,1-3H3,(H,26,28)(H,24,25,27)/t13-/m0/s1. The first-order valence-corrected chi connectivity index (χ1v) is 11.7. The second kappa shape index (κ2) is 8.95. The second-order valence-electron chi connectivity index (χ2n) is 8.23. The number of aryl methyl sites for hydroxylation is 1. The molecule has 1 aromatic carbocycles. The first kappa shape index (κ1) is 21.6. The van der Waals surface area contributed by atoms with Crippen molar-refractivity contribution >= 4 is 49.9 Å². The molecule has 1 aliphatic rings. The Kier molecular flexibility index (Phi) is 5.86. The fraction of sp³-hybridized carbons (Fsp3) is 0.391. The van der Waals surface area contributed by atoms with Crippen molar-refractivity contribution in [1.82, 2.24) is 25.1 Å². The summed E-state index contributed by atoms with van der Waals surface area (Å²) >= 11 is 1.66. The maximum absolute atomic E-state index is 12.9. The number of likely N-dealkylation sites (N-methyl/N-ethyl adjacent to an activating group) is 1. The van der Waals surface area contributed by atoms with E-state index >= 15 is 0 Å². The first-order valence-electron chi connectivity index (χ1n) is 10.9. The van der Waals surface area contributed by atoms with Crippen molar-refractivity contribution in [3.8, 4) is 5.75 Å². The highest BCUT2D eigenvalue weighted by atomic mass is 32.1. The molecule has 5 rings (SSSR count). The molecule has 0 unspecified atom stereocenters. The van der Waals surface area contributed by atoms with Crippen LogP contribution in [0.4, 0.5) is 11.5 Å². The largest absolute Gasteiger partial charge is 0.494 e. The van der Waals surface area contributed by atoms with Gasteiger partial charge in [0, 0.05) is 42.9 Å². The predicted octanol–water partition coefficient (Wildman–Crippen LogP) is 3.53. The maximum atomic E-state index is 12.9. The normalized spacial score (nSPS) is 15.5. The van der Waals surface area contributed by atoms with Crippen molar-refractivity contribution in [1.29, 1.82) is 0 Å². The molecule has 1 amide bonds. The third-order valence-corrected chi connectivity index (χ3v) is 7.38. The Morgan fingerprint density at radius 3 is 3.03 bits per heavy atom. The molecule has 3 heterocycles. The van der Waals surface area contributed by atoms with Crippen LogP contribution >= 0.6 is 11.3 Å². The van der Waals surface area contributed by atoms with Gasteiger partial charge >= 0.3 is 0 Å². The lowest BCUT2D eigenvalue weighted by Gasteiger charge is -2.26. The summed E-state index contributed by atoms with van der Waals surface area (Å²) in [5, 5.41) is 12.5. The van der Waals surface area contributed by atoms with E-state index in [0.717, 1.165) is 51.9 Å². The molecule has 0 radical (unpaired) electrons. The number of fused-ring (bicyclic) bond motifs is 4. The van der Waals surface area contributed by atoms with Gasteiger partial charge in [0.05, 0.1) is 36.5 Å². The van der Waals surface area contributed by atoms with Gasteiger partial charge in [-0.25, -0.2) is 9.97 Å². The van der Waals surface area contributed by atoms with Gasteiger partial charge in [0.25, 0.3) is 0 Å². The number of H-pyrrole nitrogens is 1. The van der Waals surface area contributed by atoms with Crippen molar-refractivity contribution in [2.75, 3.05) is 39.7 Å². The van der Waals surface area contributed by atoms with Gasteiger partial charge in [0.2, 0.25) is 5.91 Å². The number of anilines is 2. The van der Waals surface area contributed by atoms with E-state index in [9.17, 15) is 4.79 Å². The highest BCUT2D eigenvalue weighted by molar-refractivity contribution is 7.19. The molecular formula is C23H26N6O3S. The molecule has 2 N–H and O–H groups in total. The van der Waals surface area contributed by atoms with Crippen molar-refractivity contribution in [2.45, 2.75) is 19.3 Å². The monoisotopic (exact) mass is 466 g/mol. The molecule has 33 heavy (non-hydrogen) atoms. The lowest BCUT2D eigenvalue weighted by molar-refractivity contribution is -0.135. The van der Waals surface area contributed by atoms with Gasteiger partial charge < -0.3 is 19.7 Å². The quantitative estimate of drug-likeness (QED) is 0.429. The van der Waals surface area contributed by atoms with Crippen LogP contribution in [0.2, 0.25) is 0 Å². The Morgan fingerprint density at radius 2 is 2.21 bits per heavy atom. The van der Waals surface area contributed by atoms with Gasteiger partial charge in [0.1, 0.15) is 22.7 Å². The van der Waals surface area contributed by atoms with E-state index in [-0.39, 0.29) is 11.8 Å². The molecule has 0 saturated carbocycles. The molecule has 4 aromatic rings. The van der Waals surface area contributed by atoms with Gasteiger partial charge in [-0.1, -0.05) is 0 Å². The lowest BCUT2D eigenvalue weighted by atomic mass is 9.87.